The van der Waals surface area contributed by atoms with Gasteiger partial charge in [0.2, 0.25) is 0 Å². The SMILES string of the molecule is Oc1c(Br)cc(-c2cnc(OCCc3cccc4ccccc34)nn2)cc1Br. The van der Waals surface area contributed by atoms with Gasteiger partial charge in [-0.3, -0.25) is 0 Å². The standard InChI is InChI=1S/C21H15Br2N3O2/c22-17-10-15(11-18(23)20(17)27)19-12-24-21(26-25-19)28-9-8-14-6-3-5-13-4-1-2-7-16(13)14/h1-7,10-12,27H,8-9H2. The minimum Gasteiger partial charge on any atom is -0.506 e. The number of hydrogen-bond donors (Lipinski definition) is 1. The average molecular weight is 501 g/mol. The van der Waals surface area contributed by atoms with E-state index in [4.69, 9.17) is 4.74 Å². The van der Waals surface area contributed by atoms with Crippen LogP contribution >= 0.6 is 31.9 Å². The lowest BCUT2D eigenvalue weighted by Gasteiger charge is -2.08. The molecule has 3 aromatic carbocycles. The van der Waals surface area contributed by atoms with Crippen LogP contribution in [-0.2, 0) is 6.42 Å². The minimum atomic E-state index is 0.137. The molecule has 1 N–H and O–H groups in total. The molecule has 140 valence electrons. The van der Waals surface area contributed by atoms with Crippen molar-refractivity contribution in [2.75, 3.05) is 6.61 Å². The summed E-state index contributed by atoms with van der Waals surface area (Å²) in [5.41, 5.74) is 2.59. The van der Waals surface area contributed by atoms with Crippen molar-refractivity contribution in [3.05, 3.63) is 75.3 Å². The molecule has 0 radical (unpaired) electrons. The first-order chi connectivity index (χ1) is 13.6. The lowest BCUT2D eigenvalue weighted by Crippen LogP contribution is -2.05. The van der Waals surface area contributed by atoms with Crippen molar-refractivity contribution in [1.82, 2.24) is 15.2 Å². The molecule has 0 aliphatic rings. The number of phenols is 1. The molecular formula is C21H15Br2N3O2. The Morgan fingerprint density at radius 1 is 0.929 bits per heavy atom. The van der Waals surface area contributed by atoms with Gasteiger partial charge in [0, 0.05) is 12.0 Å². The van der Waals surface area contributed by atoms with Crippen LogP contribution in [0.25, 0.3) is 22.0 Å². The summed E-state index contributed by atoms with van der Waals surface area (Å²) in [5.74, 6) is 0.137. The van der Waals surface area contributed by atoms with Gasteiger partial charge in [-0.05, 0) is 60.3 Å². The number of aromatic hydroxyl groups is 1. The second-order valence-corrected chi connectivity index (χ2v) is 7.86. The number of ether oxygens (including phenoxy) is 1. The first-order valence-corrected chi connectivity index (χ1v) is 10.2. The van der Waals surface area contributed by atoms with Crippen molar-refractivity contribution in [3.63, 3.8) is 0 Å². The number of aromatic nitrogens is 3. The Morgan fingerprint density at radius 2 is 1.68 bits per heavy atom. The fourth-order valence-corrected chi connectivity index (χ4v) is 4.13. The molecule has 0 fully saturated rings. The summed E-state index contributed by atoms with van der Waals surface area (Å²) in [5, 5.41) is 20.5. The van der Waals surface area contributed by atoms with Gasteiger partial charge in [-0.1, -0.05) is 47.6 Å². The summed E-state index contributed by atoms with van der Waals surface area (Å²) in [6.07, 6.45) is 2.36. The van der Waals surface area contributed by atoms with Crippen molar-refractivity contribution < 1.29 is 9.84 Å². The van der Waals surface area contributed by atoms with Crippen LogP contribution in [0.5, 0.6) is 11.8 Å². The molecule has 0 amide bonds. The molecule has 5 nitrogen and oxygen atoms in total. The molecule has 0 atom stereocenters. The number of halogens is 2. The first kappa shape index (κ1) is 18.8. The Hall–Kier alpha value is -2.51. The Kier molecular flexibility index (Phi) is 5.54. The molecule has 28 heavy (non-hydrogen) atoms. The van der Waals surface area contributed by atoms with Gasteiger partial charge in [0.15, 0.2) is 0 Å². The van der Waals surface area contributed by atoms with E-state index in [1.165, 1.54) is 16.3 Å². The predicted octanol–water partition coefficient (Wildman–Crippen LogP) is 5.54. The van der Waals surface area contributed by atoms with Crippen molar-refractivity contribution >= 4 is 42.6 Å². The highest BCUT2D eigenvalue weighted by molar-refractivity contribution is 9.11. The van der Waals surface area contributed by atoms with E-state index in [0.29, 0.717) is 21.2 Å². The largest absolute Gasteiger partial charge is 0.506 e. The van der Waals surface area contributed by atoms with Crippen LogP contribution in [0.2, 0.25) is 0 Å². The van der Waals surface area contributed by atoms with Gasteiger partial charge in [0.1, 0.15) is 11.4 Å². The van der Waals surface area contributed by atoms with Gasteiger partial charge in [-0.15, -0.1) is 5.10 Å². The van der Waals surface area contributed by atoms with Gasteiger partial charge in [-0.25, -0.2) is 4.98 Å². The third-order valence-electron chi connectivity index (χ3n) is 4.34. The van der Waals surface area contributed by atoms with E-state index < -0.39 is 0 Å². The summed E-state index contributed by atoms with van der Waals surface area (Å²) in [4.78, 5) is 4.24. The maximum absolute atomic E-state index is 9.81. The number of fused-ring (bicyclic) bond motifs is 1. The van der Waals surface area contributed by atoms with Crippen LogP contribution in [0.4, 0.5) is 0 Å². The second-order valence-electron chi connectivity index (χ2n) is 6.15. The van der Waals surface area contributed by atoms with Gasteiger partial charge in [0.25, 0.3) is 0 Å². The highest BCUT2D eigenvalue weighted by Gasteiger charge is 2.10. The molecule has 0 spiro atoms. The number of phenolic OH excluding ortho intramolecular Hbond substituents is 1. The zero-order valence-electron chi connectivity index (χ0n) is 14.6. The minimum absolute atomic E-state index is 0.137. The monoisotopic (exact) mass is 499 g/mol. The summed E-state index contributed by atoms with van der Waals surface area (Å²) < 4.78 is 6.80. The normalized spacial score (nSPS) is 10.9. The van der Waals surface area contributed by atoms with E-state index in [-0.39, 0.29) is 11.8 Å². The Bertz CT molecular complexity index is 1110. The number of nitrogens with zero attached hydrogens (tertiary/aromatic N) is 3. The maximum Gasteiger partial charge on any atom is 0.335 e. The summed E-state index contributed by atoms with van der Waals surface area (Å²) in [6.45, 7) is 0.464. The molecule has 4 rings (SSSR count). The van der Waals surface area contributed by atoms with Crippen molar-refractivity contribution in [2.24, 2.45) is 0 Å². The van der Waals surface area contributed by atoms with Gasteiger partial charge < -0.3 is 9.84 Å². The van der Waals surface area contributed by atoms with Crippen LogP contribution < -0.4 is 4.74 Å². The molecule has 0 unspecified atom stereocenters. The molecule has 1 heterocycles. The van der Waals surface area contributed by atoms with Crippen LogP contribution in [0.1, 0.15) is 5.56 Å². The number of rotatable bonds is 5. The molecule has 0 saturated carbocycles. The van der Waals surface area contributed by atoms with E-state index in [1.54, 1.807) is 18.3 Å². The quantitative estimate of drug-likeness (QED) is 0.389. The smallest absolute Gasteiger partial charge is 0.335 e. The van der Waals surface area contributed by atoms with E-state index in [9.17, 15) is 5.11 Å². The van der Waals surface area contributed by atoms with E-state index in [2.05, 4.69) is 77.4 Å². The Labute approximate surface area is 178 Å². The van der Waals surface area contributed by atoms with Gasteiger partial charge in [-0.2, -0.15) is 0 Å². The molecule has 0 aliphatic heterocycles. The zero-order chi connectivity index (χ0) is 19.5. The van der Waals surface area contributed by atoms with Gasteiger partial charge >= 0.3 is 6.01 Å². The second kappa shape index (κ2) is 8.24. The van der Waals surface area contributed by atoms with Crippen molar-refractivity contribution in [2.45, 2.75) is 6.42 Å². The topological polar surface area (TPSA) is 68.1 Å². The average Bonchev–Trinajstić information content (AvgIpc) is 2.72. The van der Waals surface area contributed by atoms with Crippen LogP contribution in [-0.4, -0.2) is 26.9 Å². The van der Waals surface area contributed by atoms with Crippen LogP contribution in [0, 0.1) is 0 Å². The highest BCUT2D eigenvalue weighted by atomic mass is 79.9. The molecule has 7 heteroatoms. The van der Waals surface area contributed by atoms with E-state index >= 15 is 0 Å². The number of hydrogen-bond acceptors (Lipinski definition) is 5. The Morgan fingerprint density at radius 3 is 2.43 bits per heavy atom. The molecule has 0 aliphatic carbocycles. The molecule has 0 saturated heterocycles. The molecule has 0 bridgehead atoms. The summed E-state index contributed by atoms with van der Waals surface area (Å²) >= 11 is 6.62. The third-order valence-corrected chi connectivity index (χ3v) is 5.54. The molecular weight excluding hydrogens is 486 g/mol. The first-order valence-electron chi connectivity index (χ1n) is 8.59. The summed E-state index contributed by atoms with van der Waals surface area (Å²) in [7, 11) is 0. The van der Waals surface area contributed by atoms with Crippen molar-refractivity contribution in [1.29, 1.82) is 0 Å². The predicted molar refractivity (Wildman–Crippen MR) is 115 cm³/mol. The van der Waals surface area contributed by atoms with Crippen LogP contribution in [0.3, 0.4) is 0 Å². The van der Waals surface area contributed by atoms with Crippen LogP contribution in [0.15, 0.2) is 69.7 Å². The molecule has 1 aromatic heterocycles. The van der Waals surface area contributed by atoms with Gasteiger partial charge in [0.05, 0.1) is 21.7 Å². The highest BCUT2D eigenvalue weighted by Crippen LogP contribution is 2.36. The lowest BCUT2D eigenvalue weighted by atomic mass is 10.0. The van der Waals surface area contributed by atoms with Crippen molar-refractivity contribution in [3.8, 4) is 23.0 Å². The fraction of sp³-hybridized carbons (Fsp3) is 0.0952. The molecule has 4 aromatic rings. The fourth-order valence-electron chi connectivity index (χ4n) is 2.94. The Balaban J connectivity index is 1.44. The van der Waals surface area contributed by atoms with E-state index in [0.717, 1.165) is 12.0 Å². The number of benzene rings is 3. The third kappa shape index (κ3) is 4.00. The summed E-state index contributed by atoms with van der Waals surface area (Å²) in [6, 6.07) is 18.3. The maximum atomic E-state index is 9.81. The lowest BCUT2D eigenvalue weighted by molar-refractivity contribution is 0.292. The van der Waals surface area contributed by atoms with E-state index in [1.807, 2.05) is 12.1 Å². The zero-order valence-corrected chi connectivity index (χ0v) is 17.8.